The van der Waals surface area contributed by atoms with E-state index in [1.54, 1.807) is 25.3 Å². The lowest BCUT2D eigenvalue weighted by Crippen LogP contribution is -2.35. The van der Waals surface area contributed by atoms with Crippen LogP contribution in [0.1, 0.15) is 36.0 Å². The predicted octanol–water partition coefficient (Wildman–Crippen LogP) is 4.41. The molecule has 0 saturated carbocycles. The highest BCUT2D eigenvalue weighted by atomic mass is 19.4. The molecule has 31 heavy (non-hydrogen) atoms. The topological polar surface area (TPSA) is 86.9 Å². The Hall–Kier alpha value is -3.62. The van der Waals surface area contributed by atoms with Crippen LogP contribution in [0.2, 0.25) is 0 Å². The van der Waals surface area contributed by atoms with Crippen molar-refractivity contribution in [1.29, 1.82) is 0 Å². The van der Waals surface area contributed by atoms with Gasteiger partial charge in [0.15, 0.2) is 0 Å². The Morgan fingerprint density at radius 1 is 1.16 bits per heavy atom. The van der Waals surface area contributed by atoms with Gasteiger partial charge in [0.25, 0.3) is 5.91 Å². The van der Waals surface area contributed by atoms with Crippen LogP contribution in [0.25, 0.3) is 10.9 Å². The zero-order valence-corrected chi connectivity index (χ0v) is 16.7. The highest BCUT2D eigenvalue weighted by Gasteiger charge is 2.34. The third-order valence-electron chi connectivity index (χ3n) is 5.36. The van der Waals surface area contributed by atoms with E-state index in [0.717, 1.165) is 28.6 Å². The molecule has 2 aromatic carbocycles. The van der Waals surface area contributed by atoms with Crippen LogP contribution >= 0.6 is 0 Å². The number of hydrogen-bond acceptors (Lipinski definition) is 3. The lowest BCUT2D eigenvalue weighted by atomic mass is 9.83. The highest BCUT2D eigenvalue weighted by molar-refractivity contribution is 6.07. The van der Waals surface area contributed by atoms with E-state index in [9.17, 15) is 22.8 Å². The van der Waals surface area contributed by atoms with Gasteiger partial charge < -0.3 is 10.6 Å². The summed E-state index contributed by atoms with van der Waals surface area (Å²) in [7, 11) is 0. The van der Waals surface area contributed by atoms with Crippen molar-refractivity contribution in [2.75, 3.05) is 5.32 Å². The minimum absolute atomic E-state index is 0.0365. The monoisotopic (exact) mass is 428 g/mol. The van der Waals surface area contributed by atoms with E-state index in [0.29, 0.717) is 22.5 Å². The van der Waals surface area contributed by atoms with Crippen LogP contribution < -0.4 is 10.6 Å². The number of benzene rings is 2. The molecule has 0 radical (unpaired) electrons. The maximum atomic E-state index is 13.2. The minimum atomic E-state index is -4.46. The van der Waals surface area contributed by atoms with Gasteiger partial charge in [-0.1, -0.05) is 12.1 Å². The van der Waals surface area contributed by atoms with Crippen LogP contribution in [-0.2, 0) is 15.8 Å². The number of rotatable bonds is 3. The first kappa shape index (κ1) is 20.6. The molecule has 0 aliphatic carbocycles. The van der Waals surface area contributed by atoms with Crippen LogP contribution in [0, 0.1) is 6.92 Å². The van der Waals surface area contributed by atoms with Gasteiger partial charge in [-0.15, -0.1) is 0 Å². The number of hydrogen-bond donors (Lipinski definition) is 3. The molecule has 0 bridgehead atoms. The average Bonchev–Trinajstić information content (AvgIpc) is 3.16. The molecule has 160 valence electrons. The Balaban J connectivity index is 1.66. The number of nitrogens with zero attached hydrogens (tertiary/aromatic N) is 1. The number of allylic oxidation sites excluding steroid dienone is 1. The second kappa shape index (κ2) is 7.57. The molecule has 0 saturated heterocycles. The van der Waals surface area contributed by atoms with Gasteiger partial charge in [0.2, 0.25) is 5.91 Å². The van der Waals surface area contributed by atoms with Gasteiger partial charge in [-0.3, -0.25) is 14.7 Å². The second-order valence-electron chi connectivity index (χ2n) is 7.54. The molecule has 2 amide bonds. The molecule has 3 N–H and O–H groups in total. The van der Waals surface area contributed by atoms with Gasteiger partial charge >= 0.3 is 6.18 Å². The van der Waals surface area contributed by atoms with Crippen LogP contribution in [-0.4, -0.2) is 22.0 Å². The fourth-order valence-corrected chi connectivity index (χ4v) is 3.90. The highest BCUT2D eigenvalue weighted by Crippen LogP contribution is 2.36. The zero-order chi connectivity index (χ0) is 22.3. The zero-order valence-electron chi connectivity index (χ0n) is 16.7. The number of carbonyl (C=O) groups is 2. The Labute approximate surface area is 175 Å². The van der Waals surface area contributed by atoms with Crippen molar-refractivity contribution >= 4 is 28.4 Å². The van der Waals surface area contributed by atoms with E-state index in [1.807, 2.05) is 6.92 Å². The summed E-state index contributed by atoms with van der Waals surface area (Å²) in [5, 5.41) is 13.2. The summed E-state index contributed by atoms with van der Waals surface area (Å²) in [6.07, 6.45) is -2.85. The molecule has 0 fully saturated rings. The number of aromatic nitrogens is 2. The van der Waals surface area contributed by atoms with Gasteiger partial charge in [-0.05, 0) is 49.2 Å². The number of halogens is 3. The Kier molecular flexibility index (Phi) is 5.04. The number of H-pyrrole nitrogens is 1. The Morgan fingerprint density at radius 2 is 1.87 bits per heavy atom. The Morgan fingerprint density at radius 3 is 2.55 bits per heavy atom. The average molecular weight is 428 g/mol. The number of alkyl halides is 3. The number of anilines is 1. The molecule has 1 atom stereocenters. The normalized spacial score (nSPS) is 17.1. The summed E-state index contributed by atoms with van der Waals surface area (Å²) >= 11 is 0. The predicted molar refractivity (Wildman–Crippen MR) is 109 cm³/mol. The lowest BCUT2D eigenvalue weighted by molar-refractivity contribution is -0.137. The number of aromatic amines is 1. The lowest BCUT2D eigenvalue weighted by Gasteiger charge is -2.27. The summed E-state index contributed by atoms with van der Waals surface area (Å²) in [5.41, 5.74) is 2.68. The summed E-state index contributed by atoms with van der Waals surface area (Å²) in [4.78, 5) is 25.3. The largest absolute Gasteiger partial charge is 0.416 e. The molecule has 1 unspecified atom stereocenters. The molecular formula is C22H19F3N4O2. The van der Waals surface area contributed by atoms with E-state index in [4.69, 9.17) is 0 Å². The van der Waals surface area contributed by atoms with Crippen molar-refractivity contribution in [1.82, 2.24) is 15.5 Å². The van der Waals surface area contributed by atoms with Crippen LogP contribution in [0.4, 0.5) is 18.9 Å². The fraction of sp³-hybridized carbons (Fsp3) is 0.227. The van der Waals surface area contributed by atoms with E-state index in [2.05, 4.69) is 20.8 Å². The van der Waals surface area contributed by atoms with Crippen molar-refractivity contribution in [2.24, 2.45) is 0 Å². The third kappa shape index (κ3) is 4.03. The standard InChI is InChI=1S/C22H19F3N4O2/c1-11-7-16(8-14-10-26-29-20(11)14)28-21(31)19-12(2)27-18(30)9-17(19)13-3-5-15(6-4-13)22(23,24)25/h3-8,10,17H,9H2,1-2H3,(H,26,29)(H,27,30)(H,28,31). The van der Waals surface area contributed by atoms with Crippen LogP contribution in [0.5, 0.6) is 0 Å². The van der Waals surface area contributed by atoms with Crippen LogP contribution in [0.15, 0.2) is 53.9 Å². The molecule has 4 rings (SSSR count). The molecular weight excluding hydrogens is 409 g/mol. The van der Waals surface area contributed by atoms with Gasteiger partial charge in [0.05, 0.1) is 17.3 Å². The van der Waals surface area contributed by atoms with E-state index in [1.165, 1.54) is 12.1 Å². The smallest absolute Gasteiger partial charge is 0.330 e. The third-order valence-corrected chi connectivity index (χ3v) is 5.36. The van der Waals surface area contributed by atoms with Crippen molar-refractivity contribution in [3.8, 4) is 0 Å². The summed E-state index contributed by atoms with van der Waals surface area (Å²) in [5.74, 6) is -1.38. The van der Waals surface area contributed by atoms with Crippen molar-refractivity contribution in [3.05, 3.63) is 70.6 Å². The van der Waals surface area contributed by atoms with Gasteiger partial charge in [-0.2, -0.15) is 18.3 Å². The number of fused-ring (bicyclic) bond motifs is 1. The number of nitrogens with one attached hydrogen (secondary N) is 3. The van der Waals surface area contributed by atoms with Gasteiger partial charge in [0, 0.05) is 34.7 Å². The quantitative estimate of drug-likeness (QED) is 0.578. The molecule has 9 heteroatoms. The van der Waals surface area contributed by atoms with Crippen molar-refractivity contribution in [2.45, 2.75) is 32.4 Å². The molecule has 2 heterocycles. The molecule has 3 aromatic rings. The van der Waals surface area contributed by atoms with Crippen LogP contribution in [0.3, 0.4) is 0 Å². The number of aryl methyl sites for hydroxylation is 1. The second-order valence-corrected chi connectivity index (χ2v) is 7.54. The van der Waals surface area contributed by atoms with Gasteiger partial charge in [0.1, 0.15) is 0 Å². The van der Waals surface area contributed by atoms with Crippen molar-refractivity contribution < 1.29 is 22.8 Å². The maximum Gasteiger partial charge on any atom is 0.416 e. The minimum Gasteiger partial charge on any atom is -0.330 e. The number of amides is 2. The summed E-state index contributed by atoms with van der Waals surface area (Å²) < 4.78 is 38.7. The van der Waals surface area contributed by atoms with E-state index < -0.39 is 23.6 Å². The first-order valence-electron chi connectivity index (χ1n) is 9.56. The summed E-state index contributed by atoms with van der Waals surface area (Å²) in [6, 6.07) is 8.12. The summed E-state index contributed by atoms with van der Waals surface area (Å²) in [6.45, 7) is 3.49. The first-order valence-corrected chi connectivity index (χ1v) is 9.56. The molecule has 1 aliphatic heterocycles. The van der Waals surface area contributed by atoms with Crippen molar-refractivity contribution in [3.63, 3.8) is 0 Å². The first-order chi connectivity index (χ1) is 14.6. The van der Waals surface area contributed by atoms with E-state index >= 15 is 0 Å². The van der Waals surface area contributed by atoms with E-state index in [-0.39, 0.29) is 12.3 Å². The maximum absolute atomic E-state index is 13.2. The number of carbonyl (C=O) groups excluding carboxylic acids is 2. The Bertz CT molecular complexity index is 1210. The molecule has 1 aromatic heterocycles. The molecule has 1 aliphatic rings. The SMILES string of the molecule is CC1=C(C(=O)Nc2cc(C)c3[nH]ncc3c2)C(c2ccc(C(F)(F)F)cc2)CC(=O)N1. The fourth-order valence-electron chi connectivity index (χ4n) is 3.90. The molecule has 6 nitrogen and oxygen atoms in total. The van der Waals surface area contributed by atoms with Gasteiger partial charge in [-0.25, -0.2) is 0 Å². The molecule has 0 spiro atoms.